The largest absolute Gasteiger partial charge is 0.472 e. The van der Waals surface area contributed by atoms with Gasteiger partial charge in [0.1, 0.15) is 19.8 Å². The van der Waals surface area contributed by atoms with E-state index in [2.05, 4.69) is 13.8 Å². The van der Waals surface area contributed by atoms with Crippen LogP contribution >= 0.6 is 7.82 Å². The Morgan fingerprint density at radius 1 is 0.711 bits per heavy atom. The van der Waals surface area contributed by atoms with Crippen LogP contribution in [0.5, 0.6) is 0 Å². The van der Waals surface area contributed by atoms with Gasteiger partial charge in [0.15, 0.2) is 6.10 Å². The van der Waals surface area contributed by atoms with Crippen LogP contribution in [0.25, 0.3) is 0 Å². The van der Waals surface area contributed by atoms with Crippen LogP contribution in [0.3, 0.4) is 0 Å². The lowest BCUT2D eigenvalue weighted by Crippen LogP contribution is -2.37. The molecular weight excluding hydrogens is 509 g/mol. The van der Waals surface area contributed by atoms with Crippen molar-refractivity contribution in [1.29, 1.82) is 0 Å². The fourth-order valence-electron chi connectivity index (χ4n) is 3.72. The van der Waals surface area contributed by atoms with Gasteiger partial charge in [-0.25, -0.2) is 4.57 Å². The van der Waals surface area contributed by atoms with Crippen LogP contribution in [0.4, 0.5) is 0 Å². The number of carbonyl (C=O) groups is 2. The number of carbonyl (C=O) groups excluding carboxylic acids is 2. The third-order valence-corrected chi connectivity index (χ3v) is 7.12. The number of ether oxygens (including phenoxy) is 2. The van der Waals surface area contributed by atoms with Crippen LogP contribution in [0.1, 0.15) is 117 Å². The van der Waals surface area contributed by atoms with Gasteiger partial charge in [0.2, 0.25) is 0 Å². The van der Waals surface area contributed by atoms with Crippen LogP contribution in [0.2, 0.25) is 0 Å². The molecule has 0 radical (unpaired) electrons. The molecule has 0 aromatic heterocycles. The van der Waals surface area contributed by atoms with Crippen molar-refractivity contribution < 1.29 is 42.1 Å². The first kappa shape index (κ1) is 37.0. The zero-order chi connectivity index (χ0) is 28.7. The highest BCUT2D eigenvalue weighted by molar-refractivity contribution is 7.47. The Bertz CT molecular complexity index is 653. The SMILES string of the molecule is CCCCCCCCCC(=O)OC[C@H](COP(=O)(O)OCC[N+](C)(C)C)OC(=O)CCCCCCCCC. The molecule has 0 saturated carbocycles. The van der Waals surface area contributed by atoms with Crippen molar-refractivity contribution in [3.63, 3.8) is 0 Å². The fraction of sp³-hybridized carbons (Fsp3) is 0.929. The highest BCUT2D eigenvalue weighted by Gasteiger charge is 2.27. The summed E-state index contributed by atoms with van der Waals surface area (Å²) in [4.78, 5) is 34.6. The number of nitrogens with zero attached hydrogens (tertiary/aromatic N) is 1. The van der Waals surface area contributed by atoms with E-state index in [9.17, 15) is 19.0 Å². The molecule has 0 heterocycles. The first-order chi connectivity index (χ1) is 18.0. The molecule has 0 spiro atoms. The third-order valence-electron chi connectivity index (χ3n) is 6.14. The second kappa shape index (κ2) is 22.8. The molecule has 0 aliphatic carbocycles. The molecule has 0 amide bonds. The molecule has 0 aromatic carbocycles. The summed E-state index contributed by atoms with van der Waals surface area (Å²) in [5, 5.41) is 0. The Labute approximate surface area is 232 Å². The van der Waals surface area contributed by atoms with Gasteiger partial charge in [0, 0.05) is 12.8 Å². The van der Waals surface area contributed by atoms with Gasteiger partial charge in [-0.05, 0) is 12.8 Å². The molecule has 0 saturated heterocycles. The van der Waals surface area contributed by atoms with E-state index in [1.165, 1.54) is 44.9 Å². The number of rotatable bonds is 26. The van der Waals surface area contributed by atoms with Crippen molar-refractivity contribution in [2.45, 2.75) is 123 Å². The predicted molar refractivity (Wildman–Crippen MR) is 151 cm³/mol. The summed E-state index contributed by atoms with van der Waals surface area (Å²) in [6.45, 7) is 4.28. The third kappa shape index (κ3) is 25.3. The van der Waals surface area contributed by atoms with E-state index >= 15 is 0 Å². The number of phosphoric acid groups is 1. The maximum Gasteiger partial charge on any atom is 0.472 e. The van der Waals surface area contributed by atoms with Gasteiger partial charge < -0.3 is 18.9 Å². The molecule has 2 atom stereocenters. The second-order valence-corrected chi connectivity index (χ2v) is 12.6. The maximum atomic E-state index is 12.4. The maximum absolute atomic E-state index is 12.4. The van der Waals surface area contributed by atoms with E-state index in [0.717, 1.165) is 38.5 Å². The van der Waals surface area contributed by atoms with Crippen molar-refractivity contribution in [2.24, 2.45) is 0 Å². The molecule has 0 bridgehead atoms. The van der Waals surface area contributed by atoms with Gasteiger partial charge >= 0.3 is 19.8 Å². The Morgan fingerprint density at radius 2 is 1.18 bits per heavy atom. The van der Waals surface area contributed by atoms with Gasteiger partial charge in [-0.1, -0.05) is 90.9 Å². The van der Waals surface area contributed by atoms with Crippen LogP contribution in [0, 0.1) is 0 Å². The number of hydrogen-bond donors (Lipinski definition) is 1. The molecule has 0 rings (SSSR count). The standard InChI is InChI=1S/C28H56NO8P/c1-6-8-10-12-14-16-18-20-27(30)34-24-26(25-36-38(32,33)35-23-22-29(3,4)5)37-28(31)21-19-17-15-13-11-9-7-2/h26H,6-25H2,1-5H3/p+1/t26-/m1/s1. The molecule has 1 N–H and O–H groups in total. The van der Waals surface area contributed by atoms with Crippen LogP contribution in [-0.2, 0) is 32.7 Å². The number of unbranched alkanes of at least 4 members (excludes halogenated alkanes) is 12. The fourth-order valence-corrected chi connectivity index (χ4v) is 4.46. The lowest BCUT2D eigenvalue weighted by Gasteiger charge is -2.24. The number of esters is 2. The summed E-state index contributed by atoms with van der Waals surface area (Å²) in [6.07, 6.45) is 14.7. The molecule has 0 aromatic rings. The minimum Gasteiger partial charge on any atom is -0.462 e. The molecule has 226 valence electrons. The summed E-state index contributed by atoms with van der Waals surface area (Å²) < 4.78 is 33.7. The smallest absolute Gasteiger partial charge is 0.462 e. The Kier molecular flexibility index (Phi) is 22.2. The number of phosphoric ester groups is 1. The van der Waals surface area contributed by atoms with E-state index in [4.69, 9.17) is 18.5 Å². The van der Waals surface area contributed by atoms with E-state index in [-0.39, 0.29) is 25.6 Å². The average molecular weight is 567 g/mol. The Hall–Kier alpha value is -0.990. The molecule has 0 aliphatic heterocycles. The number of likely N-dealkylation sites (N-methyl/N-ethyl adjacent to an activating group) is 1. The zero-order valence-corrected chi connectivity index (χ0v) is 25.8. The minimum atomic E-state index is -4.34. The van der Waals surface area contributed by atoms with Crippen molar-refractivity contribution in [2.75, 3.05) is 47.5 Å². The van der Waals surface area contributed by atoms with Gasteiger partial charge in [0.05, 0.1) is 27.7 Å². The van der Waals surface area contributed by atoms with Crippen molar-refractivity contribution in [3.8, 4) is 0 Å². The highest BCUT2D eigenvalue weighted by atomic mass is 31.2. The molecule has 10 heteroatoms. The lowest BCUT2D eigenvalue weighted by atomic mass is 10.1. The van der Waals surface area contributed by atoms with Crippen LogP contribution < -0.4 is 0 Å². The molecule has 1 unspecified atom stereocenters. The number of hydrogen-bond acceptors (Lipinski definition) is 7. The molecule has 0 fully saturated rings. The summed E-state index contributed by atoms with van der Waals surface area (Å²) >= 11 is 0. The molecule has 9 nitrogen and oxygen atoms in total. The normalized spacial score (nSPS) is 14.2. The number of quaternary nitrogens is 1. The summed E-state index contributed by atoms with van der Waals surface area (Å²) in [6, 6.07) is 0. The summed E-state index contributed by atoms with van der Waals surface area (Å²) in [5.41, 5.74) is 0. The van der Waals surface area contributed by atoms with Gasteiger partial charge in [-0.3, -0.25) is 18.6 Å². The minimum absolute atomic E-state index is 0.0351. The van der Waals surface area contributed by atoms with E-state index in [1.54, 1.807) is 0 Å². The van der Waals surface area contributed by atoms with E-state index < -0.39 is 26.5 Å². The monoisotopic (exact) mass is 566 g/mol. The van der Waals surface area contributed by atoms with Gasteiger partial charge in [-0.2, -0.15) is 0 Å². The second-order valence-electron chi connectivity index (χ2n) is 11.1. The first-order valence-electron chi connectivity index (χ1n) is 14.8. The summed E-state index contributed by atoms with van der Waals surface area (Å²) in [5.74, 6) is -0.813. The van der Waals surface area contributed by atoms with Crippen LogP contribution in [0.15, 0.2) is 0 Å². The van der Waals surface area contributed by atoms with Crippen LogP contribution in [-0.4, -0.2) is 74.9 Å². The molecule has 38 heavy (non-hydrogen) atoms. The van der Waals surface area contributed by atoms with Crippen molar-refractivity contribution in [3.05, 3.63) is 0 Å². The average Bonchev–Trinajstić information content (AvgIpc) is 2.83. The van der Waals surface area contributed by atoms with Crippen molar-refractivity contribution >= 4 is 19.8 Å². The van der Waals surface area contributed by atoms with E-state index in [0.29, 0.717) is 23.9 Å². The van der Waals surface area contributed by atoms with E-state index in [1.807, 2.05) is 21.1 Å². The molecular formula is C28H57NO8P+. The van der Waals surface area contributed by atoms with Gasteiger partial charge in [-0.15, -0.1) is 0 Å². The van der Waals surface area contributed by atoms with Gasteiger partial charge in [0.25, 0.3) is 0 Å². The highest BCUT2D eigenvalue weighted by Crippen LogP contribution is 2.43. The summed E-state index contributed by atoms with van der Waals surface area (Å²) in [7, 11) is 1.48. The molecule has 0 aliphatic rings. The first-order valence-corrected chi connectivity index (χ1v) is 16.3. The quantitative estimate of drug-likeness (QED) is 0.0543. The Balaban J connectivity index is 4.58. The topological polar surface area (TPSA) is 108 Å². The Morgan fingerprint density at radius 3 is 1.68 bits per heavy atom. The predicted octanol–water partition coefficient (Wildman–Crippen LogP) is 6.56. The lowest BCUT2D eigenvalue weighted by molar-refractivity contribution is -0.870. The zero-order valence-electron chi connectivity index (χ0n) is 24.9. The van der Waals surface area contributed by atoms with Crippen molar-refractivity contribution in [1.82, 2.24) is 0 Å².